The van der Waals surface area contributed by atoms with Crippen LogP contribution >= 0.6 is 0 Å². The fraction of sp³-hybridized carbons (Fsp3) is 0.792. The van der Waals surface area contributed by atoms with Gasteiger partial charge in [0, 0.05) is 6.42 Å². The van der Waals surface area contributed by atoms with Crippen molar-refractivity contribution in [3.8, 4) is 0 Å². The predicted molar refractivity (Wildman–Crippen MR) is 370 cm³/mol. The highest BCUT2D eigenvalue weighted by Gasteiger charge is 2.47. The Bertz CT molecular complexity index is 1760. The number of hydrogen-bond donors (Lipinski definition) is 6. The van der Waals surface area contributed by atoms with Crippen LogP contribution in [0.2, 0.25) is 0 Å². The van der Waals surface area contributed by atoms with Crippen molar-refractivity contribution in [1.29, 1.82) is 0 Å². The lowest BCUT2D eigenvalue weighted by atomic mass is 9.99. The summed E-state index contributed by atoms with van der Waals surface area (Å²) in [5.74, 6) is -1.19. The van der Waals surface area contributed by atoms with Crippen molar-refractivity contribution < 1.29 is 49.3 Å². The number of carbonyl (C=O) groups is 2. The molecule has 1 aliphatic heterocycles. The second-order valence-corrected chi connectivity index (χ2v) is 25.3. The van der Waals surface area contributed by atoms with Gasteiger partial charge in [0.1, 0.15) is 24.4 Å². The molecule has 0 saturated carbocycles. The van der Waals surface area contributed by atoms with Crippen molar-refractivity contribution in [1.82, 2.24) is 5.32 Å². The summed E-state index contributed by atoms with van der Waals surface area (Å²) in [6, 6.07) is -1.03. The minimum atomic E-state index is -1.62. The highest BCUT2D eigenvalue weighted by Crippen LogP contribution is 2.26. The monoisotopic (exact) mass is 1240 g/mol. The number of allylic oxidation sites excluding steroid dienone is 13. The van der Waals surface area contributed by atoms with Gasteiger partial charge in [0.25, 0.3) is 0 Å². The van der Waals surface area contributed by atoms with Crippen LogP contribution in [0.3, 0.4) is 0 Å². The van der Waals surface area contributed by atoms with Crippen LogP contribution in [-0.4, -0.2) is 99.6 Å². The average Bonchev–Trinajstić information content (AvgIpc) is 1.29. The molecule has 8 atom stereocenters. The molecule has 0 aliphatic carbocycles. The van der Waals surface area contributed by atoms with E-state index < -0.39 is 67.4 Å². The summed E-state index contributed by atoms with van der Waals surface area (Å²) >= 11 is 0. The molecule has 0 aromatic heterocycles. The molecule has 11 nitrogen and oxygen atoms in total. The van der Waals surface area contributed by atoms with Gasteiger partial charge < -0.3 is 45.1 Å². The number of esters is 1. The number of unbranched alkanes of at least 4 members (excludes halogenated alkanes) is 37. The molecule has 1 aliphatic rings. The predicted octanol–water partition coefficient (Wildman–Crippen LogP) is 19.2. The minimum absolute atomic E-state index is 0.111. The third kappa shape index (κ3) is 50.5. The van der Waals surface area contributed by atoms with Gasteiger partial charge in [-0.15, -0.1) is 0 Å². The number of aliphatic hydroxyl groups excluding tert-OH is 5. The molecule has 1 saturated heterocycles. The Morgan fingerprint density at radius 3 is 1.23 bits per heavy atom. The number of carbonyl (C=O) groups excluding carboxylic acids is 2. The maximum absolute atomic E-state index is 13.5. The third-order valence-corrected chi connectivity index (χ3v) is 17.1. The van der Waals surface area contributed by atoms with Crippen molar-refractivity contribution in [2.24, 2.45) is 0 Å². The number of aliphatic hydroxyl groups is 5. The topological polar surface area (TPSA) is 175 Å². The number of amides is 1. The molecule has 0 aromatic carbocycles. The quantitative estimate of drug-likeness (QED) is 0.0195. The van der Waals surface area contributed by atoms with E-state index in [4.69, 9.17) is 14.2 Å². The van der Waals surface area contributed by atoms with Crippen molar-refractivity contribution in [2.45, 2.75) is 378 Å². The minimum Gasteiger partial charge on any atom is -0.454 e. The van der Waals surface area contributed by atoms with E-state index in [0.717, 1.165) is 109 Å². The Kier molecular flexibility index (Phi) is 60.2. The number of ether oxygens (including phenoxy) is 3. The van der Waals surface area contributed by atoms with Crippen LogP contribution in [0.15, 0.2) is 85.1 Å². The largest absolute Gasteiger partial charge is 0.454 e. The standard InChI is InChI=1S/C77H137NO10/c1-4-7-10-13-16-19-22-25-27-29-31-33-34-35-36-37-38-39-41-43-45-47-50-53-56-59-62-65-72(82)88-75-74(84)73(83)71(66-79)87-77(75)86-67-68(69(80)63-60-57-54-51-48-24-21-18-15-12-9-6-3)78-76(85)70(81)64-61-58-55-52-49-46-44-42-40-32-30-28-26-23-20-17-14-11-8-5-2/h7,10,16,19,25,27,31,33,35-36,38-39,60,63,68-71,73-75,77,79-81,83-84H,4-6,8-9,11-15,17-18,20-24,26,28-30,32,34,37,40-59,61-62,64-67H2,1-3H3,(H,78,85)/b10-7-,19-16-,27-25-,33-31-,36-35-,39-38-,63-60+. The molecule has 0 spiro atoms. The molecule has 1 rings (SSSR count). The van der Waals surface area contributed by atoms with E-state index in [9.17, 15) is 35.1 Å². The van der Waals surface area contributed by atoms with Crippen LogP contribution in [0.4, 0.5) is 0 Å². The summed E-state index contributed by atoms with van der Waals surface area (Å²) in [5, 5.41) is 57.3. The smallest absolute Gasteiger partial charge is 0.306 e. The van der Waals surface area contributed by atoms with Crippen molar-refractivity contribution >= 4 is 11.9 Å². The lowest BCUT2D eigenvalue weighted by molar-refractivity contribution is -0.305. The Morgan fingerprint density at radius 2 is 0.818 bits per heavy atom. The van der Waals surface area contributed by atoms with Gasteiger partial charge in [0.15, 0.2) is 12.4 Å². The Labute approximate surface area is 540 Å². The van der Waals surface area contributed by atoms with E-state index in [1.54, 1.807) is 6.08 Å². The number of hydrogen-bond acceptors (Lipinski definition) is 10. The van der Waals surface area contributed by atoms with Gasteiger partial charge in [-0.1, -0.05) is 331 Å². The highest BCUT2D eigenvalue weighted by molar-refractivity contribution is 5.80. The van der Waals surface area contributed by atoms with Crippen LogP contribution in [0.25, 0.3) is 0 Å². The molecule has 1 amide bonds. The fourth-order valence-corrected chi connectivity index (χ4v) is 11.3. The number of nitrogens with one attached hydrogen (secondary N) is 1. The summed E-state index contributed by atoms with van der Waals surface area (Å²) < 4.78 is 17.7. The van der Waals surface area contributed by atoms with Gasteiger partial charge in [-0.2, -0.15) is 0 Å². The molecule has 0 radical (unpaired) electrons. The van der Waals surface area contributed by atoms with Gasteiger partial charge in [0.2, 0.25) is 5.91 Å². The molecule has 11 heteroatoms. The van der Waals surface area contributed by atoms with E-state index in [2.05, 4.69) is 99.0 Å². The van der Waals surface area contributed by atoms with Crippen molar-refractivity contribution in [2.75, 3.05) is 13.2 Å². The molecular formula is C77H137NO10. The first-order valence-electron chi connectivity index (χ1n) is 36.9. The Hall–Kier alpha value is -3.16. The maximum atomic E-state index is 13.5. The van der Waals surface area contributed by atoms with Gasteiger partial charge in [-0.25, -0.2) is 0 Å². The Morgan fingerprint density at radius 1 is 0.455 bits per heavy atom. The summed E-state index contributed by atoms with van der Waals surface area (Å²) in [6.07, 6.45) is 74.8. The lowest BCUT2D eigenvalue weighted by Crippen LogP contribution is -2.61. The van der Waals surface area contributed by atoms with Crippen molar-refractivity contribution in [3.63, 3.8) is 0 Å². The zero-order chi connectivity index (χ0) is 63.9. The lowest BCUT2D eigenvalue weighted by Gasteiger charge is -2.41. The van der Waals surface area contributed by atoms with Crippen LogP contribution in [-0.2, 0) is 23.8 Å². The molecule has 0 bridgehead atoms. The molecule has 1 heterocycles. The van der Waals surface area contributed by atoms with E-state index in [0.29, 0.717) is 19.3 Å². The van der Waals surface area contributed by atoms with E-state index in [1.165, 1.54) is 173 Å². The van der Waals surface area contributed by atoms with E-state index in [-0.39, 0.29) is 13.0 Å². The third-order valence-electron chi connectivity index (χ3n) is 17.1. The summed E-state index contributed by atoms with van der Waals surface area (Å²) in [7, 11) is 0. The van der Waals surface area contributed by atoms with Crippen LogP contribution in [0.1, 0.15) is 329 Å². The van der Waals surface area contributed by atoms with Gasteiger partial charge >= 0.3 is 5.97 Å². The molecule has 88 heavy (non-hydrogen) atoms. The maximum Gasteiger partial charge on any atom is 0.306 e. The summed E-state index contributed by atoms with van der Waals surface area (Å²) in [6.45, 7) is 5.71. The average molecular weight is 1240 g/mol. The first-order valence-corrected chi connectivity index (χ1v) is 36.9. The highest BCUT2D eigenvalue weighted by atomic mass is 16.7. The van der Waals surface area contributed by atoms with Crippen LogP contribution in [0.5, 0.6) is 0 Å². The molecule has 1 fully saturated rings. The van der Waals surface area contributed by atoms with Gasteiger partial charge in [0.05, 0.1) is 25.4 Å². The summed E-state index contributed by atoms with van der Waals surface area (Å²) in [5.41, 5.74) is 0. The SMILES string of the molecule is CC/C=C\C/C=C\C/C=C\C/C=C\C/C=C\C/C=C\CCCCCCCCCCC(=O)OC1C(OCC(NC(=O)C(O)CCCCCCCCCCCCCCCCCCCCCC)C(O)/C=C/CCCCCCCCCCCC)OC(CO)C(O)C1O. The van der Waals surface area contributed by atoms with E-state index in [1.807, 2.05) is 6.08 Å². The first-order chi connectivity index (χ1) is 43.2. The van der Waals surface area contributed by atoms with Gasteiger partial charge in [-0.3, -0.25) is 9.59 Å². The van der Waals surface area contributed by atoms with E-state index >= 15 is 0 Å². The fourth-order valence-electron chi connectivity index (χ4n) is 11.3. The second-order valence-electron chi connectivity index (χ2n) is 25.3. The number of rotatable bonds is 63. The van der Waals surface area contributed by atoms with Crippen LogP contribution in [0, 0.1) is 0 Å². The van der Waals surface area contributed by atoms with Crippen LogP contribution < -0.4 is 5.32 Å². The molecular weight excluding hydrogens is 1100 g/mol. The molecule has 0 aromatic rings. The zero-order valence-electron chi connectivity index (χ0n) is 56.8. The zero-order valence-corrected chi connectivity index (χ0v) is 56.8. The Balaban J connectivity index is 2.55. The molecule has 510 valence electrons. The second kappa shape index (κ2) is 64.0. The molecule has 8 unspecified atom stereocenters. The van der Waals surface area contributed by atoms with Gasteiger partial charge in [-0.05, 0) is 77.0 Å². The normalized spacial score (nSPS) is 18.7. The molecule has 6 N–H and O–H groups in total. The summed E-state index contributed by atoms with van der Waals surface area (Å²) in [4.78, 5) is 26.7. The van der Waals surface area contributed by atoms with Crippen molar-refractivity contribution in [3.05, 3.63) is 85.1 Å². The first kappa shape index (κ1) is 82.9.